The van der Waals surface area contributed by atoms with Crippen molar-refractivity contribution in [3.63, 3.8) is 0 Å². The molecule has 3 aliphatic heterocycles. The van der Waals surface area contributed by atoms with Gasteiger partial charge in [-0.3, -0.25) is 4.79 Å². The number of piperidine rings is 1. The molecule has 0 radical (unpaired) electrons. The molecule has 3 rings (SSSR count). The molecule has 0 saturated carbocycles. The molecular formula is C13H19ClN4O3S. The first-order chi connectivity index (χ1) is 10.0. The fourth-order valence-corrected chi connectivity index (χ4v) is 3.55. The molecule has 3 heterocycles. The molecule has 1 saturated heterocycles. The van der Waals surface area contributed by atoms with Crippen LogP contribution in [0.2, 0.25) is 0 Å². The summed E-state index contributed by atoms with van der Waals surface area (Å²) in [7, 11) is -3.36. The molecule has 0 bridgehead atoms. The molecule has 22 heavy (non-hydrogen) atoms. The summed E-state index contributed by atoms with van der Waals surface area (Å²) < 4.78 is 26.5. The second-order valence-electron chi connectivity index (χ2n) is 5.36. The normalized spacial score (nSPS) is 26.2. The second kappa shape index (κ2) is 6.80. The molecule has 1 fully saturated rings. The van der Waals surface area contributed by atoms with Crippen molar-refractivity contribution in [3.05, 3.63) is 23.9 Å². The number of halogens is 1. The molecular weight excluding hydrogens is 328 g/mol. The van der Waals surface area contributed by atoms with E-state index in [1.165, 1.54) is 0 Å². The van der Waals surface area contributed by atoms with E-state index in [9.17, 15) is 13.2 Å². The monoisotopic (exact) mass is 346 g/mol. The SMILES string of the molecule is Cl.O=C(NC1CCCNC1)C1=CN2CCS(=O)(=O)N=C2C=C1. The predicted molar refractivity (Wildman–Crippen MR) is 86.4 cm³/mol. The van der Waals surface area contributed by atoms with Crippen molar-refractivity contribution in [3.8, 4) is 0 Å². The Morgan fingerprint density at radius 3 is 2.95 bits per heavy atom. The summed E-state index contributed by atoms with van der Waals surface area (Å²) in [5.74, 6) is 0.215. The molecule has 3 aliphatic rings. The number of carbonyl (C=O) groups excluding carboxylic acids is 1. The van der Waals surface area contributed by atoms with Crippen molar-refractivity contribution in [2.75, 3.05) is 25.4 Å². The molecule has 0 aromatic carbocycles. The largest absolute Gasteiger partial charge is 0.348 e. The third-order valence-corrected chi connectivity index (χ3v) is 4.88. The van der Waals surface area contributed by atoms with Gasteiger partial charge in [0.05, 0.1) is 11.3 Å². The third-order valence-electron chi connectivity index (χ3n) is 3.72. The number of nitrogens with zero attached hydrogens (tertiary/aromatic N) is 2. The molecule has 9 heteroatoms. The smallest absolute Gasteiger partial charge is 0.256 e. The van der Waals surface area contributed by atoms with Gasteiger partial charge in [-0.1, -0.05) is 0 Å². The lowest BCUT2D eigenvalue weighted by Gasteiger charge is -2.28. The lowest BCUT2D eigenvalue weighted by atomic mass is 10.1. The zero-order valence-electron chi connectivity index (χ0n) is 12.0. The number of hydrogen-bond acceptors (Lipinski definition) is 5. The summed E-state index contributed by atoms with van der Waals surface area (Å²) in [5, 5.41) is 6.24. The van der Waals surface area contributed by atoms with E-state index in [1.807, 2.05) is 0 Å². The lowest BCUT2D eigenvalue weighted by molar-refractivity contribution is -0.118. The number of fused-ring (bicyclic) bond motifs is 1. The number of amides is 1. The minimum absolute atomic E-state index is 0. The quantitative estimate of drug-likeness (QED) is 0.721. The van der Waals surface area contributed by atoms with Crippen LogP contribution in [0.5, 0.6) is 0 Å². The molecule has 7 nitrogen and oxygen atoms in total. The van der Waals surface area contributed by atoms with Crippen molar-refractivity contribution >= 4 is 34.2 Å². The van der Waals surface area contributed by atoms with Gasteiger partial charge in [-0.2, -0.15) is 0 Å². The minimum atomic E-state index is -3.36. The highest BCUT2D eigenvalue weighted by atomic mass is 35.5. The van der Waals surface area contributed by atoms with Crippen LogP contribution in [-0.4, -0.2) is 56.5 Å². The van der Waals surface area contributed by atoms with Crippen LogP contribution < -0.4 is 10.6 Å². The highest BCUT2D eigenvalue weighted by Crippen LogP contribution is 2.16. The van der Waals surface area contributed by atoms with Crippen LogP contribution in [0.25, 0.3) is 0 Å². The molecule has 0 aromatic rings. The van der Waals surface area contributed by atoms with Gasteiger partial charge in [-0.25, -0.2) is 8.42 Å². The van der Waals surface area contributed by atoms with E-state index in [-0.39, 0.29) is 30.1 Å². The number of carbonyl (C=O) groups is 1. The summed E-state index contributed by atoms with van der Waals surface area (Å²) in [6, 6.07) is 0.150. The highest BCUT2D eigenvalue weighted by Gasteiger charge is 2.25. The average Bonchev–Trinajstić information content (AvgIpc) is 2.47. The van der Waals surface area contributed by atoms with Gasteiger partial charge in [-0.05, 0) is 31.5 Å². The highest BCUT2D eigenvalue weighted by molar-refractivity contribution is 7.90. The predicted octanol–water partition coefficient (Wildman–Crippen LogP) is -0.226. The topological polar surface area (TPSA) is 90.9 Å². The molecule has 0 aromatic heterocycles. The zero-order chi connectivity index (χ0) is 14.9. The second-order valence-corrected chi connectivity index (χ2v) is 7.12. The Bertz CT molecular complexity index is 636. The van der Waals surface area contributed by atoms with Crippen LogP contribution in [0.4, 0.5) is 0 Å². The minimum Gasteiger partial charge on any atom is -0.348 e. The standard InChI is InChI=1S/C13H18N4O3S.ClH/c18-13(15-11-2-1-5-14-8-11)10-3-4-12-16-21(19,20)7-6-17(12)9-10;/h3-4,9,11,14H,1-2,5-8H2,(H,15,18);1H. The molecule has 1 amide bonds. The fourth-order valence-electron chi connectivity index (χ4n) is 2.58. The van der Waals surface area contributed by atoms with E-state index in [1.54, 1.807) is 23.3 Å². The van der Waals surface area contributed by atoms with E-state index in [0.29, 0.717) is 18.0 Å². The van der Waals surface area contributed by atoms with Gasteiger partial charge < -0.3 is 15.5 Å². The Hall–Kier alpha value is -1.38. The number of rotatable bonds is 2. The number of sulfonamides is 1. The maximum Gasteiger partial charge on any atom is 0.256 e. The van der Waals surface area contributed by atoms with E-state index < -0.39 is 10.0 Å². The number of amidine groups is 1. The van der Waals surface area contributed by atoms with Crippen LogP contribution >= 0.6 is 12.4 Å². The molecule has 122 valence electrons. The fraction of sp³-hybridized carbons (Fsp3) is 0.538. The van der Waals surface area contributed by atoms with Crippen LogP contribution in [0, 0.1) is 0 Å². The van der Waals surface area contributed by atoms with Crippen molar-refractivity contribution in [2.24, 2.45) is 4.40 Å². The van der Waals surface area contributed by atoms with Crippen LogP contribution in [-0.2, 0) is 14.8 Å². The number of nitrogens with one attached hydrogen (secondary N) is 2. The summed E-state index contributed by atoms with van der Waals surface area (Å²) in [6.45, 7) is 2.11. The van der Waals surface area contributed by atoms with Gasteiger partial charge in [0.1, 0.15) is 5.84 Å². The maximum atomic E-state index is 12.2. The van der Waals surface area contributed by atoms with E-state index in [4.69, 9.17) is 0 Å². The van der Waals surface area contributed by atoms with Gasteiger partial charge in [0.25, 0.3) is 15.9 Å². The maximum absolute atomic E-state index is 12.2. The number of hydrogen-bond donors (Lipinski definition) is 2. The van der Waals surface area contributed by atoms with Crippen molar-refractivity contribution in [1.82, 2.24) is 15.5 Å². The van der Waals surface area contributed by atoms with Gasteiger partial charge in [0.15, 0.2) is 0 Å². The molecule has 0 spiro atoms. The Balaban J connectivity index is 0.00000176. The van der Waals surface area contributed by atoms with E-state index in [2.05, 4.69) is 15.0 Å². The summed E-state index contributed by atoms with van der Waals surface area (Å²) in [4.78, 5) is 13.9. The van der Waals surface area contributed by atoms with E-state index >= 15 is 0 Å². The molecule has 1 unspecified atom stereocenters. The van der Waals surface area contributed by atoms with Crippen molar-refractivity contribution in [1.29, 1.82) is 0 Å². The van der Waals surface area contributed by atoms with Gasteiger partial charge >= 0.3 is 0 Å². The first kappa shape index (κ1) is 17.0. The molecule has 1 atom stereocenters. The average molecular weight is 347 g/mol. The summed E-state index contributed by atoms with van der Waals surface area (Å²) in [6.07, 6.45) is 6.89. The van der Waals surface area contributed by atoms with Crippen molar-refractivity contribution < 1.29 is 13.2 Å². The Kier molecular flexibility index (Phi) is 5.25. The van der Waals surface area contributed by atoms with Gasteiger partial charge in [-0.15, -0.1) is 16.8 Å². The first-order valence-corrected chi connectivity index (χ1v) is 8.65. The first-order valence-electron chi connectivity index (χ1n) is 7.04. The van der Waals surface area contributed by atoms with Crippen LogP contribution in [0.15, 0.2) is 28.3 Å². The van der Waals surface area contributed by atoms with Gasteiger partial charge in [0, 0.05) is 25.3 Å². The van der Waals surface area contributed by atoms with E-state index in [0.717, 1.165) is 25.9 Å². The molecule has 0 aliphatic carbocycles. The Morgan fingerprint density at radius 2 is 2.23 bits per heavy atom. The molecule has 2 N–H and O–H groups in total. The van der Waals surface area contributed by atoms with Crippen molar-refractivity contribution in [2.45, 2.75) is 18.9 Å². The third kappa shape index (κ3) is 3.88. The van der Waals surface area contributed by atoms with Crippen LogP contribution in [0.3, 0.4) is 0 Å². The van der Waals surface area contributed by atoms with Crippen LogP contribution in [0.1, 0.15) is 12.8 Å². The van der Waals surface area contributed by atoms with Gasteiger partial charge in [0.2, 0.25) is 0 Å². The summed E-state index contributed by atoms with van der Waals surface area (Å²) in [5.41, 5.74) is 0.527. The Labute approximate surface area is 136 Å². The summed E-state index contributed by atoms with van der Waals surface area (Å²) >= 11 is 0. The lowest BCUT2D eigenvalue weighted by Crippen LogP contribution is -2.46. The zero-order valence-corrected chi connectivity index (χ0v) is 13.6. The Morgan fingerprint density at radius 1 is 1.41 bits per heavy atom.